The molecule has 0 spiro atoms. The summed E-state index contributed by atoms with van der Waals surface area (Å²) in [6.07, 6.45) is -0.00563. The molecule has 2 amide bonds. The minimum absolute atomic E-state index is 0.168. The largest absolute Gasteiger partial charge is 0.497 e. The van der Waals surface area contributed by atoms with Gasteiger partial charge in [-0.25, -0.2) is 9.18 Å². The number of rotatable bonds is 6. The fourth-order valence-electron chi connectivity index (χ4n) is 2.44. The number of methoxy groups -OCH3 is 1. The van der Waals surface area contributed by atoms with Gasteiger partial charge in [0, 0.05) is 6.42 Å². The maximum absolute atomic E-state index is 13.6. The van der Waals surface area contributed by atoms with Gasteiger partial charge in [0.2, 0.25) is 5.91 Å². The first-order valence-corrected chi connectivity index (χ1v) is 8.88. The lowest BCUT2D eigenvalue weighted by molar-refractivity contribution is -0.116. The standard InChI is InChI=1S/C21H25FN2O4/c1-21(2,3)28-20(26)24-17-10-9-15(22)13-18(17)23-19(25)11-8-14-6-5-7-16(12-14)27-4/h5-7,9-10,12-13H,8,11H2,1-4H3,(H,23,25)(H,24,26). The Morgan fingerprint density at radius 1 is 1.04 bits per heavy atom. The van der Waals surface area contributed by atoms with Crippen LogP contribution in [-0.2, 0) is 16.0 Å². The first-order valence-electron chi connectivity index (χ1n) is 8.88. The molecule has 150 valence electrons. The van der Waals surface area contributed by atoms with Gasteiger partial charge in [0.25, 0.3) is 0 Å². The average Bonchev–Trinajstić information content (AvgIpc) is 2.61. The molecule has 0 atom stereocenters. The zero-order chi connectivity index (χ0) is 20.7. The van der Waals surface area contributed by atoms with E-state index < -0.39 is 17.5 Å². The van der Waals surface area contributed by atoms with Crippen LogP contribution in [0.2, 0.25) is 0 Å². The number of ether oxygens (including phenoxy) is 2. The number of halogens is 1. The molecular weight excluding hydrogens is 363 g/mol. The molecule has 0 aliphatic rings. The Morgan fingerprint density at radius 3 is 2.46 bits per heavy atom. The molecule has 7 heteroatoms. The molecule has 0 saturated carbocycles. The molecule has 0 radical (unpaired) electrons. The normalized spacial score (nSPS) is 10.9. The van der Waals surface area contributed by atoms with Crippen molar-refractivity contribution in [1.82, 2.24) is 0 Å². The first-order chi connectivity index (χ1) is 13.2. The smallest absolute Gasteiger partial charge is 0.412 e. The highest BCUT2D eigenvalue weighted by Gasteiger charge is 2.18. The predicted molar refractivity (Wildman–Crippen MR) is 106 cm³/mol. The van der Waals surface area contributed by atoms with E-state index in [1.165, 1.54) is 12.1 Å². The van der Waals surface area contributed by atoms with Crippen LogP contribution in [0.25, 0.3) is 0 Å². The van der Waals surface area contributed by atoms with Gasteiger partial charge in [-0.05, 0) is 63.1 Å². The summed E-state index contributed by atoms with van der Waals surface area (Å²) in [5.41, 5.74) is 0.692. The van der Waals surface area contributed by atoms with Crippen LogP contribution in [0.3, 0.4) is 0 Å². The van der Waals surface area contributed by atoms with Crippen molar-refractivity contribution in [1.29, 1.82) is 0 Å². The maximum atomic E-state index is 13.6. The van der Waals surface area contributed by atoms with E-state index in [4.69, 9.17) is 9.47 Å². The molecule has 0 saturated heterocycles. The van der Waals surface area contributed by atoms with Crippen molar-refractivity contribution in [3.8, 4) is 5.75 Å². The number of amides is 2. The molecule has 0 unspecified atom stereocenters. The molecule has 0 aliphatic carbocycles. The van der Waals surface area contributed by atoms with Gasteiger partial charge in [-0.15, -0.1) is 0 Å². The molecule has 2 aromatic rings. The molecule has 2 N–H and O–H groups in total. The Balaban J connectivity index is 2.02. The molecule has 2 rings (SSSR count). The highest BCUT2D eigenvalue weighted by molar-refractivity contribution is 5.97. The fraction of sp³-hybridized carbons (Fsp3) is 0.333. The number of hydrogen-bond acceptors (Lipinski definition) is 4. The van der Waals surface area contributed by atoms with Crippen molar-refractivity contribution in [3.05, 3.63) is 53.8 Å². The van der Waals surface area contributed by atoms with E-state index in [0.717, 1.165) is 11.6 Å². The third-order valence-electron chi connectivity index (χ3n) is 3.67. The Bertz CT molecular complexity index is 847. The zero-order valence-corrected chi connectivity index (χ0v) is 16.5. The quantitative estimate of drug-likeness (QED) is 0.748. The van der Waals surface area contributed by atoms with E-state index >= 15 is 0 Å². The van der Waals surface area contributed by atoms with Crippen molar-refractivity contribution in [2.75, 3.05) is 17.7 Å². The van der Waals surface area contributed by atoms with Crippen LogP contribution in [0, 0.1) is 5.82 Å². The number of carbonyl (C=O) groups is 2. The third-order valence-corrected chi connectivity index (χ3v) is 3.67. The van der Waals surface area contributed by atoms with E-state index in [2.05, 4.69) is 10.6 Å². The summed E-state index contributed by atoms with van der Waals surface area (Å²) in [7, 11) is 1.58. The minimum Gasteiger partial charge on any atom is -0.497 e. The van der Waals surface area contributed by atoms with Crippen LogP contribution < -0.4 is 15.4 Å². The second kappa shape index (κ2) is 9.21. The fourth-order valence-corrected chi connectivity index (χ4v) is 2.44. The highest BCUT2D eigenvalue weighted by Crippen LogP contribution is 2.24. The van der Waals surface area contributed by atoms with Crippen LogP contribution in [0.5, 0.6) is 5.75 Å². The maximum Gasteiger partial charge on any atom is 0.412 e. The van der Waals surface area contributed by atoms with Gasteiger partial charge in [0.1, 0.15) is 17.2 Å². The van der Waals surface area contributed by atoms with Crippen LogP contribution >= 0.6 is 0 Å². The number of anilines is 2. The molecule has 0 bridgehead atoms. The summed E-state index contributed by atoms with van der Waals surface area (Å²) < 4.78 is 24.0. The third kappa shape index (κ3) is 6.90. The SMILES string of the molecule is COc1cccc(CCC(=O)Nc2cc(F)ccc2NC(=O)OC(C)(C)C)c1. The predicted octanol–water partition coefficient (Wildman–Crippen LogP) is 4.75. The van der Waals surface area contributed by atoms with Crippen molar-refractivity contribution in [3.63, 3.8) is 0 Å². The summed E-state index contributed by atoms with van der Waals surface area (Å²) in [5.74, 6) is -0.120. The highest BCUT2D eigenvalue weighted by atomic mass is 19.1. The van der Waals surface area contributed by atoms with E-state index in [0.29, 0.717) is 12.2 Å². The zero-order valence-electron chi connectivity index (χ0n) is 16.5. The van der Waals surface area contributed by atoms with Crippen molar-refractivity contribution >= 4 is 23.4 Å². The summed E-state index contributed by atoms with van der Waals surface area (Å²) in [6, 6.07) is 11.1. The van der Waals surface area contributed by atoms with Crippen LogP contribution in [0.1, 0.15) is 32.8 Å². The van der Waals surface area contributed by atoms with Gasteiger partial charge in [-0.1, -0.05) is 12.1 Å². The molecule has 28 heavy (non-hydrogen) atoms. The lowest BCUT2D eigenvalue weighted by atomic mass is 10.1. The van der Waals surface area contributed by atoms with Crippen LogP contribution in [0.15, 0.2) is 42.5 Å². The molecular formula is C21H25FN2O4. The van der Waals surface area contributed by atoms with Gasteiger partial charge >= 0.3 is 6.09 Å². The summed E-state index contributed by atoms with van der Waals surface area (Å²) in [5, 5.41) is 5.17. The van der Waals surface area contributed by atoms with Gasteiger partial charge < -0.3 is 14.8 Å². The van der Waals surface area contributed by atoms with E-state index in [9.17, 15) is 14.0 Å². The number of aryl methyl sites for hydroxylation is 1. The molecule has 0 fully saturated rings. The summed E-state index contributed by atoms with van der Waals surface area (Å²) >= 11 is 0. The Hall–Kier alpha value is -3.09. The number of benzene rings is 2. The van der Waals surface area contributed by atoms with E-state index in [1.807, 2.05) is 24.3 Å². The van der Waals surface area contributed by atoms with E-state index in [-0.39, 0.29) is 23.7 Å². The Morgan fingerprint density at radius 2 is 1.79 bits per heavy atom. The Labute approximate surface area is 164 Å². The van der Waals surface area contributed by atoms with E-state index in [1.54, 1.807) is 27.9 Å². The molecule has 0 aliphatic heterocycles. The average molecular weight is 388 g/mol. The molecule has 0 aromatic heterocycles. The number of hydrogen-bond donors (Lipinski definition) is 2. The second-order valence-corrected chi connectivity index (χ2v) is 7.22. The van der Waals surface area contributed by atoms with Crippen molar-refractivity contribution in [2.24, 2.45) is 0 Å². The second-order valence-electron chi connectivity index (χ2n) is 7.22. The summed E-state index contributed by atoms with van der Waals surface area (Å²) in [4.78, 5) is 24.3. The van der Waals surface area contributed by atoms with Gasteiger partial charge in [0.05, 0.1) is 18.5 Å². The summed E-state index contributed by atoms with van der Waals surface area (Å²) in [6.45, 7) is 5.20. The van der Waals surface area contributed by atoms with Gasteiger partial charge in [0.15, 0.2) is 0 Å². The van der Waals surface area contributed by atoms with Crippen molar-refractivity contribution < 1.29 is 23.5 Å². The first kappa shape index (κ1) is 21.2. The Kier molecular flexibility index (Phi) is 6.98. The molecule has 0 heterocycles. The van der Waals surface area contributed by atoms with Crippen molar-refractivity contribution in [2.45, 2.75) is 39.2 Å². The van der Waals surface area contributed by atoms with Crippen LogP contribution in [-0.4, -0.2) is 24.7 Å². The molecule has 6 nitrogen and oxygen atoms in total. The number of carbonyl (C=O) groups excluding carboxylic acids is 2. The lowest BCUT2D eigenvalue weighted by Gasteiger charge is -2.20. The lowest BCUT2D eigenvalue weighted by Crippen LogP contribution is -2.27. The topological polar surface area (TPSA) is 76.7 Å². The molecule has 2 aromatic carbocycles. The van der Waals surface area contributed by atoms with Gasteiger partial charge in [-0.3, -0.25) is 10.1 Å². The monoisotopic (exact) mass is 388 g/mol. The van der Waals surface area contributed by atoms with Crippen LogP contribution in [0.4, 0.5) is 20.6 Å². The number of nitrogens with one attached hydrogen (secondary N) is 2. The minimum atomic E-state index is -0.689. The van der Waals surface area contributed by atoms with Gasteiger partial charge in [-0.2, -0.15) is 0 Å².